The molecule has 0 aromatic heterocycles. The van der Waals surface area contributed by atoms with Crippen molar-refractivity contribution < 1.29 is 14.6 Å². The molecule has 0 radical (unpaired) electrons. The van der Waals surface area contributed by atoms with Gasteiger partial charge in [-0.15, -0.1) is 0 Å². The van der Waals surface area contributed by atoms with Crippen molar-refractivity contribution in [3.63, 3.8) is 0 Å². The van der Waals surface area contributed by atoms with E-state index in [-0.39, 0.29) is 10.8 Å². The summed E-state index contributed by atoms with van der Waals surface area (Å²) in [7, 11) is 0. The maximum atomic E-state index is 13.8. The molecule has 5 fully saturated rings. The highest BCUT2D eigenvalue weighted by Gasteiger charge is 2.65. The van der Waals surface area contributed by atoms with E-state index in [0.29, 0.717) is 24.9 Å². The highest BCUT2D eigenvalue weighted by atomic mass is 16.5. The molecule has 1 amide bonds. The predicted molar refractivity (Wildman–Crippen MR) is 118 cm³/mol. The molecule has 164 valence electrons. The van der Waals surface area contributed by atoms with E-state index in [0.717, 1.165) is 69.7 Å². The number of hydrogen-bond acceptors (Lipinski definition) is 4. The van der Waals surface area contributed by atoms with E-state index < -0.39 is 5.60 Å². The van der Waals surface area contributed by atoms with Gasteiger partial charge in [0, 0.05) is 26.2 Å². The van der Waals surface area contributed by atoms with Gasteiger partial charge >= 0.3 is 0 Å². The van der Waals surface area contributed by atoms with Gasteiger partial charge in [0.2, 0.25) is 5.91 Å². The Morgan fingerprint density at radius 3 is 2.53 bits per heavy atom. The highest BCUT2D eigenvalue weighted by molar-refractivity contribution is 5.84. The van der Waals surface area contributed by atoms with Gasteiger partial charge in [0.25, 0.3) is 0 Å². The van der Waals surface area contributed by atoms with E-state index in [9.17, 15) is 9.90 Å². The molecule has 5 aliphatic rings. The van der Waals surface area contributed by atoms with Crippen molar-refractivity contribution in [3.05, 3.63) is 24.3 Å². The second-order valence-corrected chi connectivity index (χ2v) is 10.5. The lowest BCUT2D eigenvalue weighted by Crippen LogP contribution is -2.65. The number of carbonyl (C=O) groups excluding carboxylic acids is 1. The quantitative estimate of drug-likeness (QED) is 0.798. The fraction of sp³-hybridized carbons (Fsp3) is 0.720. The molecule has 4 atom stereocenters. The van der Waals surface area contributed by atoms with Gasteiger partial charge in [-0.1, -0.05) is 25.5 Å². The average molecular weight is 413 g/mol. The minimum Gasteiger partial charge on any atom is -0.492 e. The second-order valence-electron chi connectivity index (χ2n) is 10.5. The lowest BCUT2D eigenvalue weighted by molar-refractivity contribution is -0.209. The van der Waals surface area contributed by atoms with E-state index in [4.69, 9.17) is 4.74 Å². The molecule has 1 aromatic rings. The van der Waals surface area contributed by atoms with Gasteiger partial charge in [0.15, 0.2) is 0 Å². The topological polar surface area (TPSA) is 53.0 Å². The minimum absolute atomic E-state index is 0.183. The van der Waals surface area contributed by atoms with Gasteiger partial charge in [0.05, 0.1) is 23.3 Å². The van der Waals surface area contributed by atoms with E-state index in [1.54, 1.807) is 0 Å². The summed E-state index contributed by atoms with van der Waals surface area (Å²) < 4.78 is 5.81. The summed E-state index contributed by atoms with van der Waals surface area (Å²) in [5.41, 5.74) is 0.376. The first-order valence-corrected chi connectivity index (χ1v) is 11.9. The Labute approximate surface area is 180 Å². The van der Waals surface area contributed by atoms with Crippen LogP contribution in [0.1, 0.15) is 58.8 Å². The number of hydrogen-bond donors (Lipinski definition) is 1. The molecule has 30 heavy (non-hydrogen) atoms. The van der Waals surface area contributed by atoms with Crippen molar-refractivity contribution in [1.82, 2.24) is 4.90 Å². The van der Waals surface area contributed by atoms with Crippen LogP contribution in [0.4, 0.5) is 5.69 Å². The Morgan fingerprint density at radius 2 is 1.83 bits per heavy atom. The van der Waals surface area contributed by atoms with Gasteiger partial charge < -0.3 is 19.6 Å². The van der Waals surface area contributed by atoms with Gasteiger partial charge in [-0.25, -0.2) is 0 Å². The van der Waals surface area contributed by atoms with Crippen LogP contribution in [0, 0.1) is 16.7 Å². The van der Waals surface area contributed by atoms with E-state index in [1.165, 1.54) is 6.42 Å². The Hall–Kier alpha value is -1.75. The number of carbonyl (C=O) groups is 1. The first kappa shape index (κ1) is 20.2. The van der Waals surface area contributed by atoms with Crippen molar-refractivity contribution in [2.24, 2.45) is 16.7 Å². The molecule has 1 aliphatic heterocycles. The number of amides is 1. The van der Waals surface area contributed by atoms with Crippen molar-refractivity contribution >= 4 is 11.6 Å². The molecule has 4 bridgehead atoms. The molecule has 4 saturated carbocycles. The fourth-order valence-electron chi connectivity index (χ4n) is 7.70. The van der Waals surface area contributed by atoms with E-state index in [1.807, 2.05) is 19.1 Å². The zero-order valence-electron chi connectivity index (χ0n) is 18.5. The number of ether oxygens (including phenoxy) is 1. The summed E-state index contributed by atoms with van der Waals surface area (Å²) in [4.78, 5) is 18.3. The molecule has 1 N–H and O–H groups in total. The number of anilines is 1. The third kappa shape index (κ3) is 3.21. The lowest BCUT2D eigenvalue weighted by atomic mass is 9.42. The van der Waals surface area contributed by atoms with Crippen LogP contribution in [0.25, 0.3) is 0 Å². The van der Waals surface area contributed by atoms with Crippen LogP contribution >= 0.6 is 0 Å². The van der Waals surface area contributed by atoms with Gasteiger partial charge in [-0.2, -0.15) is 0 Å². The smallest absolute Gasteiger partial charge is 0.229 e. The molecule has 1 aromatic carbocycles. The number of aliphatic hydroxyl groups is 1. The van der Waals surface area contributed by atoms with Crippen LogP contribution in [0.3, 0.4) is 0 Å². The van der Waals surface area contributed by atoms with E-state index >= 15 is 0 Å². The van der Waals surface area contributed by atoms with Crippen molar-refractivity contribution in [2.75, 3.05) is 37.7 Å². The summed E-state index contributed by atoms with van der Waals surface area (Å²) >= 11 is 0. The molecular formula is C25H36N2O3. The number of nitrogens with zero attached hydrogens (tertiary/aromatic N) is 2. The summed E-state index contributed by atoms with van der Waals surface area (Å²) in [5.74, 6) is 1.77. The van der Waals surface area contributed by atoms with Crippen molar-refractivity contribution in [1.29, 1.82) is 0 Å². The lowest BCUT2D eigenvalue weighted by Gasteiger charge is -2.65. The molecule has 1 saturated heterocycles. The Balaban J connectivity index is 1.31. The van der Waals surface area contributed by atoms with Crippen molar-refractivity contribution in [2.45, 2.75) is 64.4 Å². The van der Waals surface area contributed by atoms with Crippen LogP contribution < -0.4 is 9.64 Å². The minimum atomic E-state index is -0.608. The Kier molecular flexibility index (Phi) is 4.81. The number of para-hydroxylation sites is 2. The maximum absolute atomic E-state index is 13.8. The second kappa shape index (κ2) is 7.15. The number of rotatable bonds is 5. The monoisotopic (exact) mass is 412 g/mol. The van der Waals surface area contributed by atoms with Crippen LogP contribution in [0.15, 0.2) is 24.3 Å². The van der Waals surface area contributed by atoms with E-state index in [2.05, 4.69) is 28.9 Å². The van der Waals surface area contributed by atoms with Gasteiger partial charge in [-0.3, -0.25) is 4.79 Å². The SMILES string of the molecule is CCOc1ccccc1N1CCN(C(=O)C23CC4CC(O)(CC(CC)(C4)C2)C3)CC1. The molecule has 5 heteroatoms. The molecule has 4 aliphatic carbocycles. The van der Waals surface area contributed by atoms with Crippen LogP contribution in [-0.2, 0) is 4.79 Å². The van der Waals surface area contributed by atoms with Crippen LogP contribution in [0.5, 0.6) is 5.75 Å². The normalized spacial score (nSPS) is 37.5. The number of piperazine rings is 1. The Bertz CT molecular complexity index is 820. The molecule has 4 unspecified atom stereocenters. The zero-order chi connectivity index (χ0) is 21.0. The summed E-state index contributed by atoms with van der Waals surface area (Å²) in [6.07, 6.45) is 6.77. The largest absolute Gasteiger partial charge is 0.492 e. The molecular weight excluding hydrogens is 376 g/mol. The first-order chi connectivity index (χ1) is 14.4. The van der Waals surface area contributed by atoms with Gasteiger partial charge in [-0.05, 0) is 68.9 Å². The fourth-order valence-corrected chi connectivity index (χ4v) is 7.70. The van der Waals surface area contributed by atoms with Crippen LogP contribution in [-0.4, -0.2) is 54.3 Å². The molecule has 6 rings (SSSR count). The summed E-state index contributed by atoms with van der Waals surface area (Å²) in [5, 5.41) is 11.3. The molecule has 1 heterocycles. The van der Waals surface area contributed by atoms with Gasteiger partial charge in [0.1, 0.15) is 5.75 Å². The molecule has 0 spiro atoms. The third-order valence-corrected chi connectivity index (χ3v) is 8.43. The maximum Gasteiger partial charge on any atom is 0.229 e. The summed E-state index contributed by atoms with van der Waals surface area (Å²) in [6, 6.07) is 8.20. The van der Waals surface area contributed by atoms with Crippen LogP contribution in [0.2, 0.25) is 0 Å². The standard InChI is InChI=1S/C25H36N2O3/c1-3-23-13-19-14-24(16-23,18-25(29,15-19)17-23)22(28)27-11-9-26(10-12-27)20-7-5-6-8-21(20)30-4-2/h5-8,19,29H,3-4,9-18H2,1-2H3. The zero-order valence-corrected chi connectivity index (χ0v) is 18.5. The molecule has 5 nitrogen and oxygen atoms in total. The Morgan fingerprint density at radius 1 is 1.07 bits per heavy atom. The first-order valence-electron chi connectivity index (χ1n) is 11.9. The van der Waals surface area contributed by atoms with Crippen molar-refractivity contribution in [3.8, 4) is 5.75 Å². The number of benzene rings is 1. The summed E-state index contributed by atoms with van der Waals surface area (Å²) in [6.45, 7) is 8.09. The predicted octanol–water partition coefficient (Wildman–Crippen LogP) is 3.85. The third-order valence-electron chi connectivity index (χ3n) is 8.43. The highest BCUT2D eigenvalue weighted by Crippen LogP contribution is 2.68. The average Bonchev–Trinajstić information content (AvgIpc) is 2.72.